The molecule has 1 N–H and O–H groups in total. The second-order valence-electron chi connectivity index (χ2n) is 4.84. The Bertz CT molecular complexity index is 661. The number of aliphatic hydroxyl groups is 1. The predicted molar refractivity (Wildman–Crippen MR) is 85.6 cm³/mol. The van der Waals surface area contributed by atoms with E-state index in [1.807, 2.05) is 0 Å². The van der Waals surface area contributed by atoms with Crippen LogP contribution in [0, 0.1) is 11.6 Å². The molecule has 0 atom stereocenters. The SMILES string of the molecule is CC(=O)c1ccccc1F.COC(CO)(OC)c1ccccc1F. The van der Waals surface area contributed by atoms with E-state index in [0.29, 0.717) is 0 Å². The number of methoxy groups -OCH3 is 2. The lowest BCUT2D eigenvalue weighted by atomic mass is 10.1. The van der Waals surface area contributed by atoms with Gasteiger partial charge in [-0.15, -0.1) is 0 Å². The number of rotatable bonds is 5. The van der Waals surface area contributed by atoms with Gasteiger partial charge in [0.05, 0.1) is 5.56 Å². The van der Waals surface area contributed by atoms with Crippen molar-refractivity contribution in [3.63, 3.8) is 0 Å². The van der Waals surface area contributed by atoms with E-state index in [4.69, 9.17) is 14.6 Å². The number of aliphatic hydroxyl groups excluding tert-OH is 1. The lowest BCUT2D eigenvalue weighted by Crippen LogP contribution is -2.35. The fraction of sp³-hybridized carbons (Fsp3) is 0.278. The molecule has 0 aliphatic rings. The molecule has 0 radical (unpaired) electrons. The van der Waals surface area contributed by atoms with Crippen molar-refractivity contribution in [2.24, 2.45) is 0 Å². The van der Waals surface area contributed by atoms with E-state index in [0.717, 1.165) is 0 Å². The van der Waals surface area contributed by atoms with Gasteiger partial charge >= 0.3 is 0 Å². The molecular weight excluding hydrogens is 318 g/mol. The molecule has 24 heavy (non-hydrogen) atoms. The largest absolute Gasteiger partial charge is 0.390 e. The van der Waals surface area contributed by atoms with Gasteiger partial charge in [0.25, 0.3) is 0 Å². The molecule has 0 fully saturated rings. The number of Topliss-reactive ketones (excluding diaryl/α,β-unsaturated/α-hetero) is 1. The fourth-order valence-electron chi connectivity index (χ4n) is 2.03. The Balaban J connectivity index is 0.000000254. The smallest absolute Gasteiger partial charge is 0.221 e. The second-order valence-corrected chi connectivity index (χ2v) is 4.84. The van der Waals surface area contributed by atoms with Crippen molar-refractivity contribution in [2.45, 2.75) is 12.7 Å². The van der Waals surface area contributed by atoms with Crippen LogP contribution >= 0.6 is 0 Å². The van der Waals surface area contributed by atoms with Gasteiger partial charge in [-0.05, 0) is 25.1 Å². The number of carbonyl (C=O) groups is 1. The molecule has 2 rings (SSSR count). The van der Waals surface area contributed by atoms with E-state index in [-0.39, 0.29) is 16.9 Å². The second kappa shape index (κ2) is 9.22. The highest BCUT2D eigenvalue weighted by Gasteiger charge is 2.33. The molecule has 0 heterocycles. The third kappa shape index (κ3) is 4.67. The molecular formula is C18H20F2O4. The van der Waals surface area contributed by atoms with Gasteiger partial charge in [0.1, 0.15) is 18.2 Å². The lowest BCUT2D eigenvalue weighted by Gasteiger charge is -2.29. The fourth-order valence-corrected chi connectivity index (χ4v) is 2.03. The normalized spacial score (nSPS) is 10.8. The number of ketones is 1. The summed E-state index contributed by atoms with van der Waals surface area (Å²) in [4.78, 5) is 10.6. The van der Waals surface area contributed by atoms with Crippen molar-refractivity contribution in [3.05, 3.63) is 71.3 Å². The molecule has 2 aromatic rings. The van der Waals surface area contributed by atoms with Crippen LogP contribution in [0.15, 0.2) is 48.5 Å². The zero-order valence-electron chi connectivity index (χ0n) is 13.8. The number of ether oxygens (including phenoxy) is 2. The van der Waals surface area contributed by atoms with E-state index >= 15 is 0 Å². The Morgan fingerprint density at radius 2 is 1.50 bits per heavy atom. The first-order chi connectivity index (χ1) is 11.4. The standard InChI is InChI=1S/C10H13FO3.C8H7FO/c1-13-10(7-12,14-2)8-5-3-4-6-9(8)11;1-6(10)7-4-2-3-5-8(7)9/h3-6,12H,7H2,1-2H3;2-5H,1H3. The first kappa shape index (κ1) is 19.9. The van der Waals surface area contributed by atoms with Crippen LogP contribution in [0.5, 0.6) is 0 Å². The molecule has 2 aromatic carbocycles. The van der Waals surface area contributed by atoms with Gasteiger partial charge in [-0.3, -0.25) is 4.79 Å². The number of halogens is 2. The zero-order chi connectivity index (χ0) is 18.2. The summed E-state index contributed by atoms with van der Waals surface area (Å²) >= 11 is 0. The molecule has 0 saturated carbocycles. The summed E-state index contributed by atoms with van der Waals surface area (Å²) in [7, 11) is 2.71. The van der Waals surface area contributed by atoms with Crippen LogP contribution in [0.2, 0.25) is 0 Å². The van der Waals surface area contributed by atoms with Gasteiger partial charge in [0, 0.05) is 19.8 Å². The Labute approximate surface area is 139 Å². The maximum atomic E-state index is 13.4. The third-order valence-corrected chi connectivity index (χ3v) is 3.40. The first-order valence-corrected chi connectivity index (χ1v) is 7.13. The van der Waals surface area contributed by atoms with Crippen LogP contribution in [0.3, 0.4) is 0 Å². The van der Waals surface area contributed by atoms with Crippen LogP contribution in [-0.4, -0.2) is 31.7 Å². The zero-order valence-corrected chi connectivity index (χ0v) is 13.8. The molecule has 130 valence electrons. The quantitative estimate of drug-likeness (QED) is 0.671. The minimum atomic E-state index is -1.41. The van der Waals surface area contributed by atoms with E-state index in [9.17, 15) is 13.6 Å². The third-order valence-electron chi connectivity index (χ3n) is 3.40. The first-order valence-electron chi connectivity index (χ1n) is 7.13. The van der Waals surface area contributed by atoms with Gasteiger partial charge in [-0.1, -0.05) is 30.3 Å². The number of hydrogen-bond donors (Lipinski definition) is 1. The maximum Gasteiger partial charge on any atom is 0.221 e. The van der Waals surface area contributed by atoms with E-state index in [1.54, 1.807) is 24.3 Å². The van der Waals surface area contributed by atoms with Gasteiger partial charge < -0.3 is 14.6 Å². The molecule has 0 aromatic heterocycles. The minimum absolute atomic E-state index is 0.155. The summed E-state index contributed by atoms with van der Waals surface area (Å²) in [5, 5.41) is 9.14. The van der Waals surface area contributed by atoms with E-state index < -0.39 is 24.0 Å². The van der Waals surface area contributed by atoms with E-state index in [1.165, 1.54) is 45.4 Å². The molecule has 0 saturated heterocycles. The Morgan fingerprint density at radius 1 is 1.00 bits per heavy atom. The van der Waals surface area contributed by atoms with Crippen LogP contribution in [0.4, 0.5) is 8.78 Å². The highest BCUT2D eigenvalue weighted by atomic mass is 19.1. The Hall–Kier alpha value is -2.15. The topological polar surface area (TPSA) is 55.8 Å². The molecule has 0 amide bonds. The molecule has 4 nitrogen and oxygen atoms in total. The van der Waals surface area contributed by atoms with Crippen molar-refractivity contribution in [1.29, 1.82) is 0 Å². The minimum Gasteiger partial charge on any atom is -0.390 e. The summed E-state index contributed by atoms with van der Waals surface area (Å²) in [5.41, 5.74) is 0.343. The van der Waals surface area contributed by atoms with Crippen molar-refractivity contribution in [2.75, 3.05) is 20.8 Å². The molecule has 0 aliphatic heterocycles. The molecule has 0 unspecified atom stereocenters. The number of carbonyl (C=O) groups excluding carboxylic acids is 1. The van der Waals surface area contributed by atoms with Crippen LogP contribution in [0.25, 0.3) is 0 Å². The lowest BCUT2D eigenvalue weighted by molar-refractivity contribution is -0.237. The molecule has 0 spiro atoms. The molecule has 0 aliphatic carbocycles. The predicted octanol–water partition coefficient (Wildman–Crippen LogP) is 3.29. The summed E-state index contributed by atoms with van der Waals surface area (Å²) in [6.07, 6.45) is 0. The van der Waals surface area contributed by atoms with Crippen LogP contribution in [-0.2, 0) is 15.3 Å². The Kier molecular flexibility index (Phi) is 7.64. The molecule has 6 heteroatoms. The molecule has 0 bridgehead atoms. The van der Waals surface area contributed by atoms with Crippen molar-refractivity contribution < 1.29 is 28.2 Å². The number of hydrogen-bond acceptors (Lipinski definition) is 4. The van der Waals surface area contributed by atoms with Crippen molar-refractivity contribution in [1.82, 2.24) is 0 Å². The van der Waals surface area contributed by atoms with Crippen molar-refractivity contribution >= 4 is 5.78 Å². The summed E-state index contributed by atoms with van der Waals surface area (Å²) in [5.74, 6) is -2.57. The number of benzene rings is 2. The highest BCUT2D eigenvalue weighted by Crippen LogP contribution is 2.27. The van der Waals surface area contributed by atoms with Crippen LogP contribution < -0.4 is 0 Å². The van der Waals surface area contributed by atoms with Crippen molar-refractivity contribution in [3.8, 4) is 0 Å². The Morgan fingerprint density at radius 3 is 1.88 bits per heavy atom. The average molecular weight is 338 g/mol. The van der Waals surface area contributed by atoms with E-state index in [2.05, 4.69) is 0 Å². The summed E-state index contributed by atoms with van der Waals surface area (Å²) in [6.45, 7) is 0.902. The van der Waals surface area contributed by atoms with Gasteiger partial charge in [0.2, 0.25) is 5.79 Å². The maximum absolute atomic E-state index is 13.4. The van der Waals surface area contributed by atoms with Gasteiger partial charge in [-0.25, -0.2) is 8.78 Å². The average Bonchev–Trinajstić information content (AvgIpc) is 2.59. The van der Waals surface area contributed by atoms with Gasteiger partial charge in [-0.2, -0.15) is 0 Å². The summed E-state index contributed by atoms with van der Waals surface area (Å²) < 4.78 is 36.0. The van der Waals surface area contributed by atoms with Gasteiger partial charge in [0.15, 0.2) is 5.78 Å². The summed E-state index contributed by atoms with van der Waals surface area (Å²) in [6, 6.07) is 12.0. The monoisotopic (exact) mass is 338 g/mol. The highest BCUT2D eigenvalue weighted by molar-refractivity contribution is 5.94. The van der Waals surface area contributed by atoms with Crippen LogP contribution in [0.1, 0.15) is 22.8 Å².